The first kappa shape index (κ1) is 16.0. The number of ether oxygens (including phenoxy) is 3. The van der Waals surface area contributed by atoms with Crippen LogP contribution in [0.5, 0.6) is 5.75 Å². The Morgan fingerprint density at radius 3 is 2.16 bits per heavy atom. The summed E-state index contributed by atoms with van der Waals surface area (Å²) in [5.41, 5.74) is 6.73. The number of nitrogens with two attached hydrogens (primary N) is 1. The molecule has 4 nitrogen and oxygen atoms in total. The average Bonchev–Trinajstić information content (AvgIpc) is 2.44. The van der Waals surface area contributed by atoms with Crippen LogP contribution in [0.15, 0.2) is 24.3 Å². The van der Waals surface area contributed by atoms with Crippen molar-refractivity contribution in [2.24, 2.45) is 5.73 Å². The summed E-state index contributed by atoms with van der Waals surface area (Å²) in [6.45, 7) is 5.99. The number of hydrogen-bond acceptors (Lipinski definition) is 4. The Labute approximate surface area is 115 Å². The number of benzene rings is 1. The molecule has 0 atom stereocenters. The van der Waals surface area contributed by atoms with Crippen LogP contribution in [0, 0.1) is 0 Å². The smallest absolute Gasteiger partial charge is 0.119 e. The van der Waals surface area contributed by atoms with E-state index in [1.165, 1.54) is 5.56 Å². The van der Waals surface area contributed by atoms with E-state index in [-0.39, 0.29) is 0 Å². The highest BCUT2D eigenvalue weighted by Crippen LogP contribution is 2.12. The summed E-state index contributed by atoms with van der Waals surface area (Å²) in [5, 5.41) is 0. The minimum Gasteiger partial charge on any atom is -0.491 e. The van der Waals surface area contributed by atoms with Crippen LogP contribution in [0.1, 0.15) is 18.9 Å². The van der Waals surface area contributed by atoms with Gasteiger partial charge in [0.05, 0.1) is 19.8 Å². The molecule has 0 amide bonds. The molecule has 1 aromatic carbocycles. The molecular weight excluding hydrogens is 242 g/mol. The highest BCUT2D eigenvalue weighted by molar-refractivity contribution is 5.27. The molecule has 0 radical (unpaired) electrons. The van der Waals surface area contributed by atoms with Crippen LogP contribution in [-0.2, 0) is 15.9 Å². The molecular formula is C15H25NO3. The zero-order valence-electron chi connectivity index (χ0n) is 11.8. The van der Waals surface area contributed by atoms with Gasteiger partial charge in [-0.05, 0) is 37.1 Å². The second-order valence-corrected chi connectivity index (χ2v) is 4.26. The van der Waals surface area contributed by atoms with Gasteiger partial charge >= 0.3 is 0 Å². The van der Waals surface area contributed by atoms with Gasteiger partial charge in [-0.3, -0.25) is 0 Å². The highest BCUT2D eigenvalue weighted by Gasteiger charge is 1.95. The molecule has 108 valence electrons. The normalized spacial score (nSPS) is 10.6. The molecule has 0 spiro atoms. The number of hydrogen-bond donors (Lipinski definition) is 1. The van der Waals surface area contributed by atoms with E-state index in [9.17, 15) is 0 Å². The van der Waals surface area contributed by atoms with Gasteiger partial charge in [-0.15, -0.1) is 0 Å². The zero-order chi connectivity index (χ0) is 13.8. The van der Waals surface area contributed by atoms with E-state index in [2.05, 4.69) is 6.92 Å². The van der Waals surface area contributed by atoms with Gasteiger partial charge in [0.2, 0.25) is 0 Å². The maximum atomic E-state index is 5.57. The highest BCUT2D eigenvalue weighted by atomic mass is 16.5. The van der Waals surface area contributed by atoms with Gasteiger partial charge in [0.15, 0.2) is 0 Å². The Balaban J connectivity index is 2.02. The van der Waals surface area contributed by atoms with Crippen molar-refractivity contribution < 1.29 is 14.2 Å². The molecule has 1 aromatic rings. The minimum absolute atomic E-state index is 0.560. The van der Waals surface area contributed by atoms with Crippen molar-refractivity contribution in [1.29, 1.82) is 0 Å². The van der Waals surface area contributed by atoms with Crippen LogP contribution in [0.4, 0.5) is 0 Å². The Morgan fingerprint density at radius 1 is 0.895 bits per heavy atom. The Hall–Kier alpha value is -1.10. The summed E-state index contributed by atoms with van der Waals surface area (Å²) in [6.07, 6.45) is 1.95. The first-order chi connectivity index (χ1) is 9.36. The third-order valence-electron chi connectivity index (χ3n) is 2.57. The minimum atomic E-state index is 0.560. The lowest BCUT2D eigenvalue weighted by Gasteiger charge is -2.08. The van der Waals surface area contributed by atoms with E-state index in [1.54, 1.807) is 0 Å². The maximum absolute atomic E-state index is 5.57. The fourth-order valence-corrected chi connectivity index (χ4v) is 1.60. The Morgan fingerprint density at radius 2 is 1.53 bits per heavy atom. The average molecular weight is 267 g/mol. The summed E-state index contributed by atoms with van der Waals surface area (Å²) in [6, 6.07) is 8.02. The van der Waals surface area contributed by atoms with Crippen molar-refractivity contribution in [2.75, 3.05) is 39.6 Å². The second kappa shape index (κ2) is 10.8. The monoisotopic (exact) mass is 267 g/mol. The van der Waals surface area contributed by atoms with Gasteiger partial charge in [-0.2, -0.15) is 0 Å². The van der Waals surface area contributed by atoms with E-state index < -0.39 is 0 Å². The topological polar surface area (TPSA) is 53.7 Å². The molecule has 19 heavy (non-hydrogen) atoms. The fraction of sp³-hybridized carbons (Fsp3) is 0.600. The molecule has 0 fully saturated rings. The van der Waals surface area contributed by atoms with Crippen LogP contribution in [0.3, 0.4) is 0 Å². The van der Waals surface area contributed by atoms with Crippen LogP contribution in [0.25, 0.3) is 0 Å². The summed E-state index contributed by atoms with van der Waals surface area (Å²) in [5.74, 6) is 0.867. The predicted molar refractivity (Wildman–Crippen MR) is 76.6 cm³/mol. The molecule has 0 unspecified atom stereocenters. The Bertz CT molecular complexity index is 314. The largest absolute Gasteiger partial charge is 0.491 e. The zero-order valence-corrected chi connectivity index (χ0v) is 11.8. The molecule has 2 N–H and O–H groups in total. The van der Waals surface area contributed by atoms with E-state index in [0.29, 0.717) is 33.0 Å². The van der Waals surface area contributed by atoms with Crippen molar-refractivity contribution in [2.45, 2.75) is 19.8 Å². The van der Waals surface area contributed by atoms with Crippen LogP contribution < -0.4 is 10.5 Å². The molecule has 0 aliphatic rings. The molecule has 4 heteroatoms. The number of rotatable bonds is 11. The van der Waals surface area contributed by atoms with Gasteiger partial charge < -0.3 is 19.9 Å². The molecule has 0 saturated carbocycles. The van der Waals surface area contributed by atoms with Crippen molar-refractivity contribution in [3.05, 3.63) is 29.8 Å². The molecule has 0 bridgehead atoms. The maximum Gasteiger partial charge on any atom is 0.119 e. The quantitative estimate of drug-likeness (QED) is 0.623. The lowest BCUT2D eigenvalue weighted by Crippen LogP contribution is -2.11. The van der Waals surface area contributed by atoms with Crippen LogP contribution in [0.2, 0.25) is 0 Å². The van der Waals surface area contributed by atoms with Crippen molar-refractivity contribution in [3.8, 4) is 5.75 Å². The molecule has 0 aliphatic heterocycles. The van der Waals surface area contributed by atoms with E-state index in [0.717, 1.165) is 25.2 Å². The van der Waals surface area contributed by atoms with E-state index in [1.807, 2.05) is 24.3 Å². The molecule has 0 saturated heterocycles. The molecule has 0 aliphatic carbocycles. The van der Waals surface area contributed by atoms with Gasteiger partial charge in [-0.25, -0.2) is 0 Å². The summed E-state index contributed by atoms with van der Waals surface area (Å²) < 4.78 is 16.3. The SMILES string of the molecule is CCCOCCOCCOc1ccc(CCN)cc1. The Kier molecular flexibility index (Phi) is 9.06. The molecule has 1 rings (SSSR count). The summed E-state index contributed by atoms with van der Waals surface area (Å²) in [7, 11) is 0. The van der Waals surface area contributed by atoms with Crippen LogP contribution in [-0.4, -0.2) is 39.6 Å². The van der Waals surface area contributed by atoms with Crippen molar-refractivity contribution in [1.82, 2.24) is 0 Å². The van der Waals surface area contributed by atoms with Crippen molar-refractivity contribution in [3.63, 3.8) is 0 Å². The standard InChI is InChI=1S/C15H25NO3/c1-2-9-17-10-11-18-12-13-19-15-5-3-14(4-6-15)7-8-16/h3-6H,2,7-13,16H2,1H3. The van der Waals surface area contributed by atoms with Crippen molar-refractivity contribution >= 4 is 0 Å². The molecule has 0 heterocycles. The summed E-state index contributed by atoms with van der Waals surface area (Å²) in [4.78, 5) is 0. The predicted octanol–water partition coefficient (Wildman–Crippen LogP) is 2.01. The fourth-order valence-electron chi connectivity index (χ4n) is 1.60. The van der Waals surface area contributed by atoms with Gasteiger partial charge in [0.25, 0.3) is 0 Å². The molecule has 0 aromatic heterocycles. The summed E-state index contributed by atoms with van der Waals surface area (Å²) >= 11 is 0. The third kappa shape index (κ3) is 7.82. The first-order valence-electron chi connectivity index (χ1n) is 6.94. The van der Waals surface area contributed by atoms with Crippen LogP contribution >= 0.6 is 0 Å². The lowest BCUT2D eigenvalue weighted by atomic mass is 10.1. The second-order valence-electron chi connectivity index (χ2n) is 4.26. The van der Waals surface area contributed by atoms with E-state index in [4.69, 9.17) is 19.9 Å². The van der Waals surface area contributed by atoms with Gasteiger partial charge in [0.1, 0.15) is 12.4 Å². The van der Waals surface area contributed by atoms with Gasteiger partial charge in [0, 0.05) is 6.61 Å². The van der Waals surface area contributed by atoms with E-state index >= 15 is 0 Å². The third-order valence-corrected chi connectivity index (χ3v) is 2.57. The lowest BCUT2D eigenvalue weighted by molar-refractivity contribution is 0.0366. The first-order valence-corrected chi connectivity index (χ1v) is 6.94. The van der Waals surface area contributed by atoms with Gasteiger partial charge in [-0.1, -0.05) is 19.1 Å².